The van der Waals surface area contributed by atoms with Crippen molar-refractivity contribution in [2.45, 2.75) is 26.3 Å². The third-order valence-corrected chi connectivity index (χ3v) is 5.09. The average Bonchev–Trinajstić information content (AvgIpc) is 2.96. The van der Waals surface area contributed by atoms with Crippen molar-refractivity contribution in [1.82, 2.24) is 0 Å². The number of thiophene rings is 1. The monoisotopic (exact) mass is 296 g/mol. The van der Waals surface area contributed by atoms with Crippen molar-refractivity contribution in [3.05, 3.63) is 51.2 Å². The Bertz CT molecular complexity index is 741. The second-order valence-electron chi connectivity index (χ2n) is 5.32. The number of Topliss-reactive ketones (excluding diaryl/α,β-unsaturated/α-hetero) is 1. The van der Waals surface area contributed by atoms with E-state index in [4.69, 9.17) is 5.26 Å². The van der Waals surface area contributed by atoms with E-state index in [1.807, 2.05) is 6.07 Å². The summed E-state index contributed by atoms with van der Waals surface area (Å²) < 4.78 is 0. The van der Waals surface area contributed by atoms with E-state index in [0.29, 0.717) is 11.1 Å². The van der Waals surface area contributed by atoms with Crippen LogP contribution in [0.25, 0.3) is 0 Å². The lowest BCUT2D eigenvalue weighted by atomic mass is 9.97. The number of hydrogen-bond donors (Lipinski definition) is 0. The highest BCUT2D eigenvalue weighted by Crippen LogP contribution is 2.37. The molecule has 0 amide bonds. The summed E-state index contributed by atoms with van der Waals surface area (Å²) in [5, 5.41) is 11.3. The number of anilines is 1. The molecule has 0 spiro atoms. The van der Waals surface area contributed by atoms with Crippen LogP contribution in [0, 0.1) is 11.3 Å². The smallest absolute Gasteiger partial charge is 0.161 e. The maximum absolute atomic E-state index is 11.9. The fraction of sp³-hybridized carbons (Fsp3) is 0.294. The van der Waals surface area contributed by atoms with E-state index in [9.17, 15) is 4.79 Å². The van der Waals surface area contributed by atoms with Gasteiger partial charge in [0.25, 0.3) is 0 Å². The van der Waals surface area contributed by atoms with Crippen LogP contribution < -0.4 is 4.90 Å². The van der Waals surface area contributed by atoms with Crippen LogP contribution in [-0.2, 0) is 6.42 Å². The van der Waals surface area contributed by atoms with E-state index in [1.54, 1.807) is 30.4 Å². The third-order valence-electron chi connectivity index (χ3n) is 4.09. The van der Waals surface area contributed by atoms with Crippen LogP contribution in [0.5, 0.6) is 0 Å². The molecule has 0 radical (unpaired) electrons. The first-order valence-electron chi connectivity index (χ1n) is 7.00. The molecule has 0 N–H and O–H groups in total. The largest absolute Gasteiger partial charge is 0.364 e. The van der Waals surface area contributed by atoms with Crippen LogP contribution in [0.1, 0.15) is 46.3 Å². The van der Waals surface area contributed by atoms with Crippen molar-refractivity contribution in [3.8, 4) is 6.07 Å². The summed E-state index contributed by atoms with van der Waals surface area (Å²) in [6.45, 7) is 4.62. The Kier molecular flexibility index (Phi) is 3.52. The summed E-state index contributed by atoms with van der Waals surface area (Å²) in [4.78, 5) is 15.6. The Labute approximate surface area is 128 Å². The zero-order valence-corrected chi connectivity index (χ0v) is 12.9. The highest BCUT2D eigenvalue weighted by atomic mass is 32.1. The number of hydrogen-bond acceptors (Lipinski definition) is 4. The summed E-state index contributed by atoms with van der Waals surface area (Å²) in [5.74, 6) is 0.0396. The first-order valence-corrected chi connectivity index (χ1v) is 7.87. The number of carbonyl (C=O) groups excluding carboxylic acids is 1. The summed E-state index contributed by atoms with van der Waals surface area (Å²) >= 11 is 1.80. The molecular formula is C17H16N2OS. The summed E-state index contributed by atoms with van der Waals surface area (Å²) in [5.41, 5.74) is 3.51. The maximum atomic E-state index is 11.9. The van der Waals surface area contributed by atoms with Gasteiger partial charge in [0, 0.05) is 22.7 Å². The van der Waals surface area contributed by atoms with Crippen molar-refractivity contribution < 1.29 is 4.79 Å². The lowest BCUT2D eigenvalue weighted by molar-refractivity contribution is 0.101. The van der Waals surface area contributed by atoms with Crippen LogP contribution in [0.3, 0.4) is 0 Å². The van der Waals surface area contributed by atoms with E-state index in [0.717, 1.165) is 18.7 Å². The number of benzene rings is 1. The van der Waals surface area contributed by atoms with Gasteiger partial charge < -0.3 is 4.90 Å². The molecule has 3 rings (SSSR count). The van der Waals surface area contributed by atoms with Gasteiger partial charge in [-0.25, -0.2) is 0 Å². The zero-order valence-electron chi connectivity index (χ0n) is 12.1. The molecule has 1 unspecified atom stereocenters. The molecule has 0 aliphatic carbocycles. The van der Waals surface area contributed by atoms with Gasteiger partial charge in [-0.2, -0.15) is 5.26 Å². The number of carbonyl (C=O) groups is 1. The minimum Gasteiger partial charge on any atom is -0.364 e. The van der Waals surface area contributed by atoms with Crippen LogP contribution in [-0.4, -0.2) is 12.3 Å². The van der Waals surface area contributed by atoms with E-state index >= 15 is 0 Å². The quantitative estimate of drug-likeness (QED) is 0.788. The van der Waals surface area contributed by atoms with Crippen molar-refractivity contribution in [2.75, 3.05) is 11.4 Å². The lowest BCUT2D eigenvalue weighted by Gasteiger charge is -2.36. The Balaban J connectivity index is 2.08. The van der Waals surface area contributed by atoms with Crippen LogP contribution in [0.4, 0.5) is 5.69 Å². The molecule has 0 saturated heterocycles. The van der Waals surface area contributed by atoms with Crippen LogP contribution in [0.2, 0.25) is 0 Å². The second-order valence-corrected chi connectivity index (χ2v) is 6.32. The zero-order chi connectivity index (χ0) is 15.0. The lowest BCUT2D eigenvalue weighted by Crippen LogP contribution is -2.34. The van der Waals surface area contributed by atoms with Crippen LogP contribution in [0.15, 0.2) is 29.6 Å². The second kappa shape index (κ2) is 5.34. The molecule has 0 bridgehead atoms. The molecule has 1 atom stereocenters. The van der Waals surface area contributed by atoms with E-state index in [-0.39, 0.29) is 11.8 Å². The minimum absolute atomic E-state index is 0.0396. The molecule has 4 heteroatoms. The highest BCUT2D eigenvalue weighted by molar-refractivity contribution is 7.10. The summed E-state index contributed by atoms with van der Waals surface area (Å²) in [6.07, 6.45) is 0.992. The number of nitrogens with zero attached hydrogens (tertiary/aromatic N) is 2. The number of ketones is 1. The minimum atomic E-state index is 0.0396. The Hall–Kier alpha value is -2.12. The predicted octanol–water partition coefficient (Wildman–Crippen LogP) is 3.95. The molecule has 1 aliphatic rings. The standard InChI is InChI=1S/C17H16N2OS/c1-11-14-6-8-21-17(14)5-7-19(11)16-9-13(10-18)3-4-15(16)12(2)20/h3-4,6,8-9,11H,5,7H2,1-2H3. The molecule has 1 aliphatic heterocycles. The van der Waals surface area contributed by atoms with Crippen molar-refractivity contribution in [2.24, 2.45) is 0 Å². The molecular weight excluding hydrogens is 280 g/mol. The Morgan fingerprint density at radius 2 is 2.24 bits per heavy atom. The number of fused-ring (bicyclic) bond motifs is 1. The molecule has 3 nitrogen and oxygen atoms in total. The van der Waals surface area contributed by atoms with Gasteiger partial charge in [-0.1, -0.05) is 0 Å². The topological polar surface area (TPSA) is 44.1 Å². The van der Waals surface area contributed by atoms with Gasteiger partial charge in [-0.05, 0) is 55.5 Å². The molecule has 2 heterocycles. The highest BCUT2D eigenvalue weighted by Gasteiger charge is 2.27. The molecule has 1 aromatic heterocycles. The number of nitriles is 1. The van der Waals surface area contributed by atoms with Gasteiger partial charge in [0.05, 0.1) is 17.7 Å². The SMILES string of the molecule is CC(=O)c1ccc(C#N)cc1N1CCc2sccc2C1C. The normalized spacial score (nSPS) is 17.2. The van der Waals surface area contributed by atoms with Gasteiger partial charge >= 0.3 is 0 Å². The van der Waals surface area contributed by atoms with Gasteiger partial charge in [0.15, 0.2) is 5.78 Å². The predicted molar refractivity (Wildman–Crippen MR) is 84.9 cm³/mol. The van der Waals surface area contributed by atoms with Gasteiger partial charge in [-0.3, -0.25) is 4.79 Å². The van der Waals surface area contributed by atoms with Gasteiger partial charge in [-0.15, -0.1) is 11.3 Å². The number of rotatable bonds is 2. The van der Waals surface area contributed by atoms with E-state index in [2.05, 4.69) is 29.3 Å². The summed E-state index contributed by atoms with van der Waals surface area (Å²) in [7, 11) is 0. The Morgan fingerprint density at radius 1 is 1.43 bits per heavy atom. The van der Waals surface area contributed by atoms with Crippen molar-refractivity contribution in [1.29, 1.82) is 5.26 Å². The molecule has 2 aromatic rings. The fourth-order valence-corrected chi connectivity index (χ4v) is 3.94. The van der Waals surface area contributed by atoms with E-state index < -0.39 is 0 Å². The van der Waals surface area contributed by atoms with Crippen LogP contribution >= 0.6 is 11.3 Å². The molecule has 1 aromatic carbocycles. The van der Waals surface area contributed by atoms with Gasteiger partial charge in [0.1, 0.15) is 0 Å². The van der Waals surface area contributed by atoms with Crippen molar-refractivity contribution in [3.63, 3.8) is 0 Å². The fourth-order valence-electron chi connectivity index (χ4n) is 2.98. The Morgan fingerprint density at radius 3 is 2.95 bits per heavy atom. The first-order chi connectivity index (χ1) is 10.1. The van der Waals surface area contributed by atoms with E-state index in [1.165, 1.54) is 10.4 Å². The van der Waals surface area contributed by atoms with Gasteiger partial charge in [0.2, 0.25) is 0 Å². The molecule has 106 valence electrons. The third kappa shape index (κ3) is 2.34. The maximum Gasteiger partial charge on any atom is 0.161 e. The first kappa shape index (κ1) is 13.8. The van der Waals surface area contributed by atoms with Crippen molar-refractivity contribution >= 4 is 22.8 Å². The molecule has 0 fully saturated rings. The molecule has 0 saturated carbocycles. The summed E-state index contributed by atoms with van der Waals surface area (Å²) in [6, 6.07) is 9.88. The molecule has 21 heavy (non-hydrogen) atoms. The average molecular weight is 296 g/mol.